The highest BCUT2D eigenvalue weighted by Gasteiger charge is 2.13. The van der Waals surface area contributed by atoms with Gasteiger partial charge in [-0.05, 0) is 68.0 Å². The van der Waals surface area contributed by atoms with Crippen LogP contribution in [0.4, 0.5) is 0 Å². The first-order valence-corrected chi connectivity index (χ1v) is 8.99. The number of fused-ring (bicyclic) bond motifs is 2. The fraction of sp³-hybridized carbons (Fsp3) is 0.286. The third-order valence-electron chi connectivity index (χ3n) is 5.01. The predicted octanol–water partition coefficient (Wildman–Crippen LogP) is 3.37. The van der Waals surface area contributed by atoms with Crippen molar-refractivity contribution >= 4 is 22.7 Å². The van der Waals surface area contributed by atoms with Gasteiger partial charge < -0.3 is 4.57 Å². The molecule has 5 heteroatoms. The fourth-order valence-electron chi connectivity index (χ4n) is 3.58. The zero-order valence-corrected chi connectivity index (χ0v) is 15.1. The van der Waals surface area contributed by atoms with E-state index in [2.05, 4.69) is 33.7 Å². The van der Waals surface area contributed by atoms with Crippen LogP contribution in [0.3, 0.4) is 0 Å². The van der Waals surface area contributed by atoms with Gasteiger partial charge in [0.15, 0.2) is 0 Å². The van der Waals surface area contributed by atoms with Gasteiger partial charge in [-0.15, -0.1) is 0 Å². The van der Waals surface area contributed by atoms with E-state index in [4.69, 9.17) is 0 Å². The summed E-state index contributed by atoms with van der Waals surface area (Å²) in [4.78, 5) is 16.9. The number of carbonyl (C=O) groups is 1. The lowest BCUT2D eigenvalue weighted by atomic mass is 10.0. The molecule has 1 heterocycles. The summed E-state index contributed by atoms with van der Waals surface area (Å²) in [6.45, 7) is 4.04. The highest BCUT2D eigenvalue weighted by atomic mass is 16.2. The molecular formula is C21H22N4O. The lowest BCUT2D eigenvalue weighted by molar-refractivity contribution is -0.121. The van der Waals surface area contributed by atoms with Gasteiger partial charge in [-0.1, -0.05) is 24.3 Å². The van der Waals surface area contributed by atoms with E-state index in [9.17, 15) is 4.79 Å². The van der Waals surface area contributed by atoms with Crippen LogP contribution in [0.2, 0.25) is 0 Å². The molecule has 0 saturated heterocycles. The highest BCUT2D eigenvalue weighted by molar-refractivity contribution is 5.99. The first kappa shape index (κ1) is 16.5. The standard InChI is InChI=1S/C21H22N4O/c1-14(17-11-10-16-6-5-7-18(16)12-17)23-24-21(26)13-25-15(2)22-19-8-3-4-9-20(19)25/h3-4,8-12H,5-7,13H2,1-2H3,(H,24,26)/b23-14-. The van der Waals surface area contributed by atoms with Crippen LogP contribution >= 0.6 is 0 Å². The SMILES string of the molecule is C/C(=N/NC(=O)Cn1c(C)nc2ccccc21)c1ccc2c(c1)CCC2. The highest BCUT2D eigenvalue weighted by Crippen LogP contribution is 2.23. The molecule has 132 valence electrons. The molecule has 2 aromatic carbocycles. The van der Waals surface area contributed by atoms with Crippen LogP contribution in [0.1, 0.15) is 35.9 Å². The molecule has 0 bridgehead atoms. The van der Waals surface area contributed by atoms with E-state index in [0.29, 0.717) is 0 Å². The van der Waals surface area contributed by atoms with Crippen LogP contribution in [0.25, 0.3) is 11.0 Å². The molecule has 3 aromatic rings. The molecule has 0 unspecified atom stereocenters. The minimum Gasteiger partial charge on any atom is -0.319 e. The number of para-hydroxylation sites is 2. The zero-order chi connectivity index (χ0) is 18.1. The summed E-state index contributed by atoms with van der Waals surface area (Å²) in [6.07, 6.45) is 3.53. The second-order valence-corrected chi connectivity index (χ2v) is 6.80. The normalized spacial score (nSPS) is 13.8. The van der Waals surface area contributed by atoms with Crippen LogP contribution in [0.15, 0.2) is 47.6 Å². The minimum absolute atomic E-state index is 0.156. The monoisotopic (exact) mass is 346 g/mol. The second-order valence-electron chi connectivity index (χ2n) is 6.80. The second kappa shape index (κ2) is 6.75. The lowest BCUT2D eigenvalue weighted by Gasteiger charge is -2.07. The molecule has 26 heavy (non-hydrogen) atoms. The average Bonchev–Trinajstić information content (AvgIpc) is 3.23. The van der Waals surface area contributed by atoms with E-state index < -0.39 is 0 Å². The van der Waals surface area contributed by atoms with Gasteiger partial charge in [0.2, 0.25) is 0 Å². The number of hydrogen-bond acceptors (Lipinski definition) is 3. The maximum Gasteiger partial charge on any atom is 0.260 e. The Morgan fingerprint density at radius 1 is 1.19 bits per heavy atom. The molecule has 1 N–H and O–H groups in total. The van der Waals surface area contributed by atoms with Crippen LogP contribution in [-0.4, -0.2) is 21.2 Å². The van der Waals surface area contributed by atoms with Crippen LogP contribution in [-0.2, 0) is 24.2 Å². The maximum atomic E-state index is 12.4. The summed E-state index contributed by atoms with van der Waals surface area (Å²) >= 11 is 0. The Labute approximate surface area is 152 Å². The molecule has 1 amide bonds. The number of nitrogens with zero attached hydrogens (tertiary/aromatic N) is 3. The number of aryl methyl sites for hydroxylation is 3. The molecule has 1 aliphatic carbocycles. The summed E-state index contributed by atoms with van der Waals surface area (Å²) in [7, 11) is 0. The van der Waals surface area contributed by atoms with Gasteiger partial charge in [0, 0.05) is 0 Å². The lowest BCUT2D eigenvalue weighted by Crippen LogP contribution is -2.24. The van der Waals surface area contributed by atoms with Crippen molar-refractivity contribution in [3.05, 3.63) is 65.0 Å². The number of amides is 1. The quantitative estimate of drug-likeness (QED) is 0.581. The van der Waals surface area contributed by atoms with Crippen molar-refractivity contribution in [2.75, 3.05) is 0 Å². The molecule has 1 aliphatic rings. The van der Waals surface area contributed by atoms with Crippen molar-refractivity contribution in [2.45, 2.75) is 39.7 Å². The summed E-state index contributed by atoms with van der Waals surface area (Å²) in [6, 6.07) is 14.3. The molecular weight excluding hydrogens is 324 g/mol. The molecule has 1 aromatic heterocycles. The molecule has 0 fully saturated rings. The Hall–Kier alpha value is -2.95. The summed E-state index contributed by atoms with van der Waals surface area (Å²) in [5, 5.41) is 4.29. The summed E-state index contributed by atoms with van der Waals surface area (Å²) in [5.74, 6) is 0.664. The number of carbonyl (C=O) groups excluding carboxylic acids is 1. The summed E-state index contributed by atoms with van der Waals surface area (Å²) in [5.41, 5.74) is 9.26. The Kier molecular flexibility index (Phi) is 4.29. The Balaban J connectivity index is 1.47. The molecule has 0 saturated carbocycles. The molecule has 0 aliphatic heterocycles. The van der Waals surface area contributed by atoms with E-state index in [0.717, 1.165) is 34.6 Å². The van der Waals surface area contributed by atoms with Crippen molar-refractivity contribution in [2.24, 2.45) is 5.10 Å². The van der Waals surface area contributed by atoms with Crippen molar-refractivity contribution in [3.63, 3.8) is 0 Å². The molecule has 4 rings (SSSR count). The van der Waals surface area contributed by atoms with Crippen molar-refractivity contribution in [1.29, 1.82) is 0 Å². The van der Waals surface area contributed by atoms with Crippen molar-refractivity contribution in [1.82, 2.24) is 15.0 Å². The third kappa shape index (κ3) is 3.12. The summed E-state index contributed by atoms with van der Waals surface area (Å²) < 4.78 is 1.91. The van der Waals surface area contributed by atoms with Gasteiger partial charge in [-0.3, -0.25) is 4.79 Å². The Bertz CT molecular complexity index is 1020. The number of nitrogens with one attached hydrogen (secondary N) is 1. The Morgan fingerprint density at radius 3 is 2.88 bits per heavy atom. The fourth-order valence-corrected chi connectivity index (χ4v) is 3.58. The van der Waals surface area contributed by atoms with Gasteiger partial charge in [-0.25, -0.2) is 10.4 Å². The van der Waals surface area contributed by atoms with Crippen LogP contribution < -0.4 is 5.43 Å². The zero-order valence-electron chi connectivity index (χ0n) is 15.1. The van der Waals surface area contributed by atoms with Gasteiger partial charge in [0.25, 0.3) is 5.91 Å². The molecule has 0 spiro atoms. The van der Waals surface area contributed by atoms with Gasteiger partial charge >= 0.3 is 0 Å². The van der Waals surface area contributed by atoms with E-state index in [1.807, 2.05) is 42.7 Å². The number of imidazole rings is 1. The largest absolute Gasteiger partial charge is 0.319 e. The maximum absolute atomic E-state index is 12.4. The van der Waals surface area contributed by atoms with E-state index in [1.165, 1.54) is 24.0 Å². The van der Waals surface area contributed by atoms with Gasteiger partial charge in [-0.2, -0.15) is 5.10 Å². The third-order valence-corrected chi connectivity index (χ3v) is 5.01. The van der Waals surface area contributed by atoms with E-state index in [1.54, 1.807) is 0 Å². The molecule has 5 nitrogen and oxygen atoms in total. The van der Waals surface area contributed by atoms with Crippen LogP contribution in [0, 0.1) is 6.92 Å². The van der Waals surface area contributed by atoms with E-state index in [-0.39, 0.29) is 12.5 Å². The number of aromatic nitrogens is 2. The molecule has 0 atom stereocenters. The predicted molar refractivity (Wildman–Crippen MR) is 103 cm³/mol. The minimum atomic E-state index is -0.156. The number of rotatable bonds is 4. The molecule has 0 radical (unpaired) electrons. The topological polar surface area (TPSA) is 59.3 Å². The first-order chi connectivity index (χ1) is 12.6. The number of hydrazone groups is 1. The Morgan fingerprint density at radius 2 is 2.00 bits per heavy atom. The van der Waals surface area contributed by atoms with Crippen molar-refractivity contribution in [3.8, 4) is 0 Å². The smallest absolute Gasteiger partial charge is 0.260 e. The average molecular weight is 346 g/mol. The van der Waals surface area contributed by atoms with Gasteiger partial charge in [0.05, 0.1) is 16.7 Å². The number of benzene rings is 2. The van der Waals surface area contributed by atoms with E-state index >= 15 is 0 Å². The van der Waals surface area contributed by atoms with Crippen molar-refractivity contribution < 1.29 is 4.79 Å². The van der Waals surface area contributed by atoms with Crippen LogP contribution in [0.5, 0.6) is 0 Å². The number of hydrogen-bond donors (Lipinski definition) is 1. The first-order valence-electron chi connectivity index (χ1n) is 8.99. The van der Waals surface area contributed by atoms with Gasteiger partial charge in [0.1, 0.15) is 12.4 Å².